The zero-order valence-corrected chi connectivity index (χ0v) is 8.94. The normalized spacial score (nSPS) is 14.1. The third-order valence-electron chi connectivity index (χ3n) is 1.87. The Bertz CT molecular complexity index is 373. The zero-order chi connectivity index (χ0) is 11.3. The average Bonchev–Trinajstić information content (AvgIpc) is 2.19. The first-order chi connectivity index (χ1) is 7.16. The minimum atomic E-state index is -1.46. The minimum absolute atomic E-state index is 0.186. The van der Waals surface area contributed by atoms with E-state index in [0.717, 1.165) is 0 Å². The fourth-order valence-corrected chi connectivity index (χ4v) is 2.36. The van der Waals surface area contributed by atoms with Crippen molar-refractivity contribution in [1.29, 1.82) is 0 Å². The molecule has 2 atom stereocenters. The SMILES string of the molecule is C=CCS(=O)C(C(=O)O)c1ccccc1. The summed E-state index contributed by atoms with van der Waals surface area (Å²) in [4.78, 5) is 11.0. The van der Waals surface area contributed by atoms with Crippen LogP contribution in [0, 0.1) is 0 Å². The summed E-state index contributed by atoms with van der Waals surface area (Å²) in [6.07, 6.45) is 1.47. The summed E-state index contributed by atoms with van der Waals surface area (Å²) < 4.78 is 11.6. The van der Waals surface area contributed by atoms with Gasteiger partial charge in [0.05, 0.1) is 0 Å². The third kappa shape index (κ3) is 3.02. The lowest BCUT2D eigenvalue weighted by atomic mass is 10.1. The molecule has 0 amide bonds. The second-order valence-electron chi connectivity index (χ2n) is 2.97. The van der Waals surface area contributed by atoms with E-state index in [2.05, 4.69) is 6.58 Å². The summed E-state index contributed by atoms with van der Waals surface area (Å²) in [5, 5.41) is 8.03. The molecule has 1 N–H and O–H groups in total. The molecule has 1 aromatic rings. The molecule has 0 aliphatic heterocycles. The van der Waals surface area contributed by atoms with Crippen LogP contribution in [0.2, 0.25) is 0 Å². The fraction of sp³-hybridized carbons (Fsp3) is 0.182. The molecule has 0 radical (unpaired) electrons. The highest BCUT2D eigenvalue weighted by molar-refractivity contribution is 7.86. The first-order valence-corrected chi connectivity index (χ1v) is 5.81. The third-order valence-corrected chi connectivity index (χ3v) is 3.44. The van der Waals surface area contributed by atoms with E-state index in [1.54, 1.807) is 30.3 Å². The predicted octanol–water partition coefficient (Wildman–Crippen LogP) is 1.75. The summed E-state index contributed by atoms with van der Waals surface area (Å²) >= 11 is 0. The van der Waals surface area contributed by atoms with E-state index in [1.807, 2.05) is 0 Å². The molecule has 1 aromatic carbocycles. The predicted molar refractivity (Wildman–Crippen MR) is 60.0 cm³/mol. The van der Waals surface area contributed by atoms with E-state index >= 15 is 0 Å². The number of carboxylic acid groups (broad SMARTS) is 1. The van der Waals surface area contributed by atoms with Gasteiger partial charge in [-0.3, -0.25) is 9.00 Å². The van der Waals surface area contributed by atoms with Crippen LogP contribution in [-0.2, 0) is 15.6 Å². The maximum Gasteiger partial charge on any atom is 0.323 e. The maximum atomic E-state index is 11.6. The molecule has 3 nitrogen and oxygen atoms in total. The lowest BCUT2D eigenvalue weighted by Crippen LogP contribution is -2.18. The summed E-state index contributed by atoms with van der Waals surface area (Å²) in [7, 11) is -1.46. The molecule has 0 aromatic heterocycles. The molecular weight excluding hydrogens is 212 g/mol. The van der Waals surface area contributed by atoms with Gasteiger partial charge in [0.25, 0.3) is 0 Å². The molecule has 0 saturated heterocycles. The fourth-order valence-electron chi connectivity index (χ4n) is 1.25. The number of carbonyl (C=O) groups is 1. The van der Waals surface area contributed by atoms with Gasteiger partial charge in [0.2, 0.25) is 0 Å². The first-order valence-electron chi connectivity index (χ1n) is 4.42. The number of hydrogen-bond acceptors (Lipinski definition) is 2. The van der Waals surface area contributed by atoms with Crippen molar-refractivity contribution in [1.82, 2.24) is 0 Å². The number of aliphatic carboxylic acids is 1. The van der Waals surface area contributed by atoms with Gasteiger partial charge >= 0.3 is 5.97 Å². The van der Waals surface area contributed by atoms with Crippen molar-refractivity contribution in [3.8, 4) is 0 Å². The van der Waals surface area contributed by atoms with Crippen molar-refractivity contribution in [2.75, 3.05) is 5.75 Å². The number of hydrogen-bond donors (Lipinski definition) is 1. The highest BCUT2D eigenvalue weighted by atomic mass is 32.2. The number of rotatable bonds is 5. The molecule has 80 valence electrons. The van der Waals surface area contributed by atoms with E-state index in [1.165, 1.54) is 6.08 Å². The molecule has 0 aliphatic rings. The van der Waals surface area contributed by atoms with E-state index in [0.29, 0.717) is 5.56 Å². The van der Waals surface area contributed by atoms with Crippen LogP contribution in [-0.4, -0.2) is 21.0 Å². The molecular formula is C11H12O3S. The van der Waals surface area contributed by atoms with Gasteiger partial charge in [-0.1, -0.05) is 36.4 Å². The molecule has 0 saturated carbocycles. The Labute approximate surface area is 90.9 Å². The Morgan fingerprint density at radius 2 is 2.07 bits per heavy atom. The van der Waals surface area contributed by atoms with Crippen LogP contribution in [0.4, 0.5) is 0 Å². The van der Waals surface area contributed by atoms with Crippen LogP contribution in [0.25, 0.3) is 0 Å². The van der Waals surface area contributed by atoms with Gasteiger partial charge in [-0.05, 0) is 5.56 Å². The molecule has 0 aliphatic carbocycles. The highest BCUT2D eigenvalue weighted by Crippen LogP contribution is 2.20. The summed E-state index contributed by atoms with van der Waals surface area (Å²) in [5.41, 5.74) is 0.560. The second-order valence-corrected chi connectivity index (χ2v) is 4.53. The van der Waals surface area contributed by atoms with Crippen molar-refractivity contribution in [3.05, 3.63) is 48.6 Å². The van der Waals surface area contributed by atoms with Crippen molar-refractivity contribution in [3.63, 3.8) is 0 Å². The summed E-state index contributed by atoms with van der Waals surface area (Å²) in [5.74, 6) is -0.882. The minimum Gasteiger partial charge on any atom is -0.480 e. The molecule has 0 heterocycles. The van der Waals surface area contributed by atoms with Gasteiger partial charge in [-0.2, -0.15) is 0 Å². The number of benzene rings is 1. The Balaban J connectivity index is 2.98. The Morgan fingerprint density at radius 1 is 1.47 bits per heavy atom. The quantitative estimate of drug-likeness (QED) is 0.775. The van der Waals surface area contributed by atoms with Crippen LogP contribution in [0.1, 0.15) is 10.8 Å². The molecule has 2 unspecified atom stereocenters. The van der Waals surface area contributed by atoms with Crippen LogP contribution < -0.4 is 0 Å². The monoisotopic (exact) mass is 224 g/mol. The van der Waals surface area contributed by atoms with E-state index < -0.39 is 22.0 Å². The second kappa shape index (κ2) is 5.46. The molecule has 15 heavy (non-hydrogen) atoms. The number of carboxylic acids is 1. The largest absolute Gasteiger partial charge is 0.480 e. The van der Waals surface area contributed by atoms with Gasteiger partial charge in [0.1, 0.15) is 0 Å². The van der Waals surface area contributed by atoms with E-state index in [4.69, 9.17) is 5.11 Å². The van der Waals surface area contributed by atoms with Gasteiger partial charge in [0, 0.05) is 16.6 Å². The van der Waals surface area contributed by atoms with Gasteiger partial charge in [0.15, 0.2) is 5.25 Å². The lowest BCUT2D eigenvalue weighted by Gasteiger charge is -2.10. The van der Waals surface area contributed by atoms with E-state index in [-0.39, 0.29) is 5.75 Å². The molecule has 4 heteroatoms. The lowest BCUT2D eigenvalue weighted by molar-refractivity contribution is -0.136. The van der Waals surface area contributed by atoms with Crippen molar-refractivity contribution >= 4 is 16.8 Å². The van der Waals surface area contributed by atoms with Gasteiger partial charge in [-0.25, -0.2) is 0 Å². The topological polar surface area (TPSA) is 54.4 Å². The Kier molecular flexibility index (Phi) is 4.24. The van der Waals surface area contributed by atoms with Crippen molar-refractivity contribution in [2.24, 2.45) is 0 Å². The highest BCUT2D eigenvalue weighted by Gasteiger charge is 2.25. The standard InChI is InChI=1S/C11H12O3S/c1-2-8-15(14)10(11(12)13)9-6-4-3-5-7-9/h2-7,10H,1,8H2,(H,12,13). The maximum absolute atomic E-state index is 11.6. The molecule has 1 rings (SSSR count). The average molecular weight is 224 g/mol. The zero-order valence-electron chi connectivity index (χ0n) is 8.13. The Morgan fingerprint density at radius 3 is 2.53 bits per heavy atom. The van der Waals surface area contributed by atoms with Crippen molar-refractivity contribution < 1.29 is 14.1 Å². The Hall–Kier alpha value is -1.42. The summed E-state index contributed by atoms with van der Waals surface area (Å²) in [6.45, 7) is 3.45. The van der Waals surface area contributed by atoms with Crippen LogP contribution in [0.3, 0.4) is 0 Å². The van der Waals surface area contributed by atoms with Crippen LogP contribution in [0.15, 0.2) is 43.0 Å². The van der Waals surface area contributed by atoms with E-state index in [9.17, 15) is 9.00 Å². The molecule has 0 fully saturated rings. The molecule has 0 bridgehead atoms. The molecule has 0 spiro atoms. The van der Waals surface area contributed by atoms with Crippen LogP contribution >= 0.6 is 0 Å². The van der Waals surface area contributed by atoms with Gasteiger partial charge < -0.3 is 5.11 Å². The van der Waals surface area contributed by atoms with Crippen LogP contribution in [0.5, 0.6) is 0 Å². The van der Waals surface area contributed by atoms with Gasteiger partial charge in [-0.15, -0.1) is 6.58 Å². The summed E-state index contributed by atoms with van der Waals surface area (Å²) in [6, 6.07) is 8.59. The first kappa shape index (κ1) is 11.7. The smallest absolute Gasteiger partial charge is 0.323 e. The van der Waals surface area contributed by atoms with Crippen molar-refractivity contribution in [2.45, 2.75) is 5.25 Å².